The third-order valence-corrected chi connectivity index (χ3v) is 6.90. The first kappa shape index (κ1) is 21.3. The van der Waals surface area contributed by atoms with E-state index in [1.807, 2.05) is 96.9 Å². The maximum atomic E-state index is 13.8. The van der Waals surface area contributed by atoms with Crippen molar-refractivity contribution in [3.05, 3.63) is 101 Å². The number of imide groups is 1. The summed E-state index contributed by atoms with van der Waals surface area (Å²) in [5, 5.41) is 3.97. The molecule has 1 aliphatic heterocycles. The van der Waals surface area contributed by atoms with Crippen LogP contribution in [0.3, 0.4) is 0 Å². The van der Waals surface area contributed by atoms with Gasteiger partial charge in [0.15, 0.2) is 5.54 Å². The van der Waals surface area contributed by atoms with Gasteiger partial charge in [-0.05, 0) is 30.3 Å². The van der Waals surface area contributed by atoms with Crippen molar-refractivity contribution in [2.45, 2.75) is 18.5 Å². The van der Waals surface area contributed by atoms with Gasteiger partial charge in [0.2, 0.25) is 0 Å². The van der Waals surface area contributed by atoms with E-state index in [9.17, 15) is 9.59 Å². The molecule has 0 radical (unpaired) electrons. The monoisotopic (exact) mass is 456 g/mol. The van der Waals surface area contributed by atoms with Crippen molar-refractivity contribution in [1.29, 1.82) is 0 Å². The number of carbonyl (C=O) groups is 2. The number of thiazole rings is 1. The minimum atomic E-state index is -1.13. The summed E-state index contributed by atoms with van der Waals surface area (Å²) in [6.07, 6.45) is 0.389. The van der Waals surface area contributed by atoms with Crippen molar-refractivity contribution < 1.29 is 9.59 Å². The molecule has 6 nitrogen and oxygen atoms in total. The zero-order valence-electron chi connectivity index (χ0n) is 18.3. The standard InChI is InChI=1S/C26H24N4O2S/c1-29(17-23-27-21-14-8-9-15-22(21)33-23)18-30-24(31)26(28-25(30)32,20-12-6-3-7-13-20)16-19-10-4-2-5-11-19/h2-15H,16-18H2,1H3,(H,28,32)/t26-/m0/s1. The molecule has 3 amide bonds. The highest BCUT2D eigenvalue weighted by molar-refractivity contribution is 7.18. The first-order chi connectivity index (χ1) is 16.0. The Morgan fingerprint density at radius 1 is 0.939 bits per heavy atom. The van der Waals surface area contributed by atoms with Gasteiger partial charge in [-0.3, -0.25) is 9.69 Å². The van der Waals surface area contributed by atoms with Crippen LogP contribution in [0.4, 0.5) is 4.79 Å². The zero-order chi connectivity index (χ0) is 22.8. The van der Waals surface area contributed by atoms with Crippen molar-refractivity contribution in [1.82, 2.24) is 20.1 Å². The third kappa shape index (κ3) is 4.13. The van der Waals surface area contributed by atoms with Crippen LogP contribution >= 0.6 is 11.3 Å². The number of rotatable bonds is 7. The minimum Gasteiger partial charge on any atom is -0.319 e. The molecule has 7 heteroatoms. The molecule has 0 saturated carbocycles. The molecule has 33 heavy (non-hydrogen) atoms. The number of aromatic nitrogens is 1. The van der Waals surface area contributed by atoms with E-state index in [0.717, 1.165) is 26.4 Å². The number of hydrogen-bond acceptors (Lipinski definition) is 5. The van der Waals surface area contributed by atoms with Crippen molar-refractivity contribution in [2.75, 3.05) is 13.7 Å². The normalized spacial score (nSPS) is 18.3. The quantitative estimate of drug-likeness (QED) is 0.419. The molecule has 1 aromatic heterocycles. The molecule has 1 N–H and O–H groups in total. The maximum absolute atomic E-state index is 13.8. The predicted molar refractivity (Wildman–Crippen MR) is 130 cm³/mol. The summed E-state index contributed by atoms with van der Waals surface area (Å²) in [5.41, 5.74) is 1.60. The molecule has 0 aliphatic carbocycles. The Kier molecular flexibility index (Phi) is 5.66. The van der Waals surface area contributed by atoms with Gasteiger partial charge >= 0.3 is 6.03 Å². The molecule has 0 bridgehead atoms. The van der Waals surface area contributed by atoms with E-state index in [2.05, 4.69) is 10.3 Å². The van der Waals surface area contributed by atoms with Gasteiger partial charge in [-0.2, -0.15) is 0 Å². The lowest BCUT2D eigenvalue weighted by Gasteiger charge is -2.28. The van der Waals surface area contributed by atoms with Gasteiger partial charge in [0, 0.05) is 6.42 Å². The lowest BCUT2D eigenvalue weighted by Crippen LogP contribution is -2.46. The Labute approximate surface area is 196 Å². The number of nitrogens with zero attached hydrogens (tertiary/aromatic N) is 3. The third-order valence-electron chi connectivity index (χ3n) is 5.88. The first-order valence-electron chi connectivity index (χ1n) is 10.8. The minimum absolute atomic E-state index is 0.184. The molecule has 1 fully saturated rings. The van der Waals surface area contributed by atoms with Crippen LogP contribution in [0.1, 0.15) is 16.1 Å². The van der Waals surface area contributed by atoms with Crippen molar-refractivity contribution in [3.8, 4) is 0 Å². The van der Waals surface area contributed by atoms with E-state index in [1.165, 1.54) is 4.90 Å². The second kappa shape index (κ2) is 8.77. The lowest BCUT2D eigenvalue weighted by atomic mass is 9.83. The predicted octanol–water partition coefficient (Wildman–Crippen LogP) is 4.38. The molecule has 1 aliphatic rings. The number of fused-ring (bicyclic) bond motifs is 1. The van der Waals surface area contributed by atoms with Crippen molar-refractivity contribution >= 4 is 33.5 Å². The van der Waals surface area contributed by atoms with E-state index in [-0.39, 0.29) is 18.6 Å². The number of nitrogens with one attached hydrogen (secondary N) is 1. The summed E-state index contributed by atoms with van der Waals surface area (Å²) in [6.45, 7) is 0.734. The summed E-state index contributed by atoms with van der Waals surface area (Å²) in [5.74, 6) is -0.237. The van der Waals surface area contributed by atoms with Crippen LogP contribution in [0.5, 0.6) is 0 Å². The van der Waals surface area contributed by atoms with Crippen LogP contribution in [0.15, 0.2) is 84.9 Å². The average molecular weight is 457 g/mol. The Morgan fingerprint density at radius 2 is 1.61 bits per heavy atom. The fraction of sp³-hybridized carbons (Fsp3) is 0.192. The summed E-state index contributed by atoms with van der Waals surface area (Å²) in [7, 11) is 1.90. The molecule has 1 atom stereocenters. The molecule has 0 spiro atoms. The second-order valence-electron chi connectivity index (χ2n) is 8.33. The van der Waals surface area contributed by atoms with Crippen LogP contribution in [0.2, 0.25) is 0 Å². The highest BCUT2D eigenvalue weighted by Crippen LogP contribution is 2.33. The Balaban J connectivity index is 1.39. The van der Waals surface area contributed by atoms with Crippen molar-refractivity contribution in [2.24, 2.45) is 0 Å². The molecule has 2 heterocycles. The number of benzene rings is 3. The van der Waals surface area contributed by atoms with Crippen LogP contribution in [0, 0.1) is 0 Å². The topological polar surface area (TPSA) is 65.5 Å². The molecule has 5 rings (SSSR count). The van der Waals surface area contributed by atoms with Crippen LogP contribution in [0.25, 0.3) is 10.2 Å². The first-order valence-corrected chi connectivity index (χ1v) is 11.6. The summed E-state index contributed by atoms with van der Waals surface area (Å²) >= 11 is 1.63. The highest BCUT2D eigenvalue weighted by atomic mass is 32.1. The van der Waals surface area contributed by atoms with Gasteiger partial charge in [0.25, 0.3) is 5.91 Å². The highest BCUT2D eigenvalue weighted by Gasteiger charge is 2.52. The number of urea groups is 1. The summed E-state index contributed by atoms with van der Waals surface area (Å²) in [6, 6.07) is 26.9. The molecular weight excluding hydrogens is 432 g/mol. The Bertz CT molecular complexity index is 1260. The number of hydrogen-bond donors (Lipinski definition) is 1. The largest absolute Gasteiger partial charge is 0.326 e. The molecule has 166 valence electrons. The van der Waals surface area contributed by atoms with Gasteiger partial charge in [-0.1, -0.05) is 72.8 Å². The Hall–Kier alpha value is -3.55. The van der Waals surface area contributed by atoms with Gasteiger partial charge in [0.05, 0.1) is 23.4 Å². The van der Waals surface area contributed by atoms with E-state index in [1.54, 1.807) is 11.3 Å². The zero-order valence-corrected chi connectivity index (χ0v) is 19.1. The lowest BCUT2D eigenvalue weighted by molar-refractivity contribution is -0.133. The van der Waals surface area contributed by atoms with Crippen molar-refractivity contribution in [3.63, 3.8) is 0 Å². The van der Waals surface area contributed by atoms with Crippen LogP contribution in [-0.2, 0) is 23.3 Å². The number of carbonyl (C=O) groups excluding carboxylic acids is 2. The van der Waals surface area contributed by atoms with Gasteiger partial charge < -0.3 is 5.32 Å². The molecule has 4 aromatic rings. The van der Waals surface area contributed by atoms with E-state index in [4.69, 9.17) is 0 Å². The second-order valence-corrected chi connectivity index (χ2v) is 9.44. The number of para-hydroxylation sites is 1. The SMILES string of the molecule is CN(Cc1nc2ccccc2s1)CN1C(=O)N[C@@](Cc2ccccc2)(c2ccccc2)C1=O. The fourth-order valence-electron chi connectivity index (χ4n) is 4.31. The van der Waals surface area contributed by atoms with E-state index in [0.29, 0.717) is 13.0 Å². The maximum Gasteiger partial charge on any atom is 0.326 e. The van der Waals surface area contributed by atoms with Gasteiger partial charge in [0.1, 0.15) is 5.01 Å². The molecule has 1 saturated heterocycles. The summed E-state index contributed by atoms with van der Waals surface area (Å²) in [4.78, 5) is 34.7. The molecular formula is C26H24N4O2S. The van der Waals surface area contributed by atoms with E-state index >= 15 is 0 Å². The average Bonchev–Trinajstić information content (AvgIpc) is 3.34. The molecule has 0 unspecified atom stereocenters. The Morgan fingerprint density at radius 3 is 2.33 bits per heavy atom. The smallest absolute Gasteiger partial charge is 0.319 e. The number of amides is 3. The van der Waals surface area contributed by atoms with E-state index < -0.39 is 5.54 Å². The summed E-state index contributed by atoms with van der Waals surface area (Å²) < 4.78 is 1.13. The van der Waals surface area contributed by atoms with Crippen LogP contribution in [-0.4, -0.2) is 40.4 Å². The van der Waals surface area contributed by atoms with Crippen LogP contribution < -0.4 is 5.32 Å². The van der Waals surface area contributed by atoms with Gasteiger partial charge in [-0.15, -0.1) is 11.3 Å². The van der Waals surface area contributed by atoms with Gasteiger partial charge in [-0.25, -0.2) is 14.7 Å². The fourth-order valence-corrected chi connectivity index (χ4v) is 5.35. The molecule has 3 aromatic carbocycles.